The second-order valence-corrected chi connectivity index (χ2v) is 8.86. The first kappa shape index (κ1) is 23.4. The van der Waals surface area contributed by atoms with E-state index in [9.17, 15) is 26.7 Å². The zero-order chi connectivity index (χ0) is 24.7. The molecule has 1 amide bonds. The number of nitrogens with one attached hydrogen (secondary N) is 1. The highest BCUT2D eigenvalue weighted by atomic mass is 19.4. The molecule has 0 fully saturated rings. The van der Waals surface area contributed by atoms with Gasteiger partial charge in [0.25, 0.3) is 12.3 Å². The zero-order valence-corrected chi connectivity index (χ0v) is 18.7. The van der Waals surface area contributed by atoms with E-state index >= 15 is 0 Å². The quantitative estimate of drug-likeness (QED) is 0.531. The molecule has 4 heterocycles. The summed E-state index contributed by atoms with van der Waals surface area (Å²) < 4.78 is 69.2. The molecule has 0 bridgehead atoms. The van der Waals surface area contributed by atoms with Crippen molar-refractivity contribution < 1.29 is 26.7 Å². The second-order valence-electron chi connectivity index (χ2n) is 8.86. The fourth-order valence-electron chi connectivity index (χ4n) is 4.64. The van der Waals surface area contributed by atoms with Gasteiger partial charge in [0.2, 0.25) is 0 Å². The maximum atomic E-state index is 13.5. The molecule has 0 aliphatic carbocycles. The molecule has 1 atom stereocenters. The van der Waals surface area contributed by atoms with Crippen LogP contribution in [0.4, 0.5) is 22.0 Å². The lowest BCUT2D eigenvalue weighted by atomic mass is 9.98. The molecule has 12 heteroatoms. The van der Waals surface area contributed by atoms with Gasteiger partial charge in [-0.1, -0.05) is 24.3 Å². The van der Waals surface area contributed by atoms with Crippen molar-refractivity contribution in [2.45, 2.75) is 64.3 Å². The molecule has 186 valence electrons. The highest BCUT2D eigenvalue weighted by molar-refractivity contribution is 5.94. The third kappa shape index (κ3) is 4.65. The van der Waals surface area contributed by atoms with Gasteiger partial charge < -0.3 is 9.88 Å². The topological polar surface area (TPSA) is 77.6 Å². The summed E-state index contributed by atoms with van der Waals surface area (Å²) in [4.78, 5) is 21.0. The lowest BCUT2D eigenvalue weighted by Crippen LogP contribution is -2.31. The Balaban J connectivity index is 1.26. The second kappa shape index (κ2) is 9.04. The van der Waals surface area contributed by atoms with Crippen molar-refractivity contribution in [2.75, 3.05) is 0 Å². The molecule has 0 spiro atoms. The van der Waals surface area contributed by atoms with Crippen molar-refractivity contribution in [3.05, 3.63) is 52.9 Å². The van der Waals surface area contributed by atoms with Gasteiger partial charge in [-0.3, -0.25) is 4.79 Å². The zero-order valence-electron chi connectivity index (χ0n) is 18.7. The van der Waals surface area contributed by atoms with E-state index in [0.717, 1.165) is 18.4 Å². The van der Waals surface area contributed by atoms with Gasteiger partial charge in [0.05, 0.1) is 5.92 Å². The molecule has 0 saturated carbocycles. The molecule has 35 heavy (non-hydrogen) atoms. The predicted octanol–water partition coefficient (Wildman–Crippen LogP) is 4.47. The summed E-state index contributed by atoms with van der Waals surface area (Å²) in [6, 6.07) is 6.90. The number of aryl methyl sites for hydroxylation is 2. The summed E-state index contributed by atoms with van der Waals surface area (Å²) in [7, 11) is 0. The minimum atomic E-state index is -4.25. The number of imidazole rings is 1. The maximum absolute atomic E-state index is 13.5. The van der Waals surface area contributed by atoms with Crippen LogP contribution in [0.3, 0.4) is 0 Å². The van der Waals surface area contributed by atoms with Gasteiger partial charge in [-0.25, -0.2) is 23.4 Å². The van der Waals surface area contributed by atoms with Crippen LogP contribution in [0.15, 0.2) is 24.3 Å². The van der Waals surface area contributed by atoms with Gasteiger partial charge in [-0.15, -0.1) is 0 Å². The standard InChI is InChI=1S/C23H23F5N6O/c24-20(25)18-19(33-9-2-1-3-16(33)30-18)22(35)29-12-13-4-6-14(7-5-13)21-31-17-11-15(23(26,27)28)8-10-34(17)32-21/h4-7,15,20H,1-3,8-12H2,(H,29,35)/t15-/m0/s1. The fourth-order valence-corrected chi connectivity index (χ4v) is 4.64. The number of hydrogen-bond acceptors (Lipinski definition) is 4. The lowest BCUT2D eigenvalue weighted by Gasteiger charge is -2.24. The number of alkyl halides is 5. The van der Waals surface area contributed by atoms with Gasteiger partial charge in [-0.05, 0) is 24.8 Å². The number of nitrogens with zero attached hydrogens (tertiary/aromatic N) is 5. The summed E-state index contributed by atoms with van der Waals surface area (Å²) in [5.41, 5.74) is 0.782. The smallest absolute Gasteiger partial charge is 0.347 e. The Morgan fingerprint density at radius 1 is 1.09 bits per heavy atom. The number of carbonyl (C=O) groups excluding carboxylic acids is 1. The molecule has 2 aliphatic heterocycles. The van der Waals surface area contributed by atoms with Crippen LogP contribution in [-0.2, 0) is 32.5 Å². The van der Waals surface area contributed by atoms with Gasteiger partial charge in [0.15, 0.2) is 5.82 Å². The summed E-state index contributed by atoms with van der Waals surface area (Å²) in [6.45, 7) is 0.760. The van der Waals surface area contributed by atoms with Crippen molar-refractivity contribution in [3.8, 4) is 11.4 Å². The SMILES string of the molecule is O=C(NCc1ccc(-c2nc3n(n2)CC[C@H](C(F)(F)F)C3)cc1)c1c(C(F)F)nc2n1CCCC2. The average Bonchev–Trinajstić information content (AvgIpc) is 3.44. The van der Waals surface area contributed by atoms with Gasteiger partial charge in [0.1, 0.15) is 23.0 Å². The van der Waals surface area contributed by atoms with Crippen LogP contribution < -0.4 is 5.32 Å². The van der Waals surface area contributed by atoms with Gasteiger partial charge >= 0.3 is 6.18 Å². The van der Waals surface area contributed by atoms with Crippen LogP contribution >= 0.6 is 0 Å². The van der Waals surface area contributed by atoms with Crippen LogP contribution in [-0.4, -0.2) is 36.4 Å². The van der Waals surface area contributed by atoms with Gasteiger partial charge in [0, 0.05) is 38.0 Å². The number of rotatable bonds is 5. The summed E-state index contributed by atoms with van der Waals surface area (Å²) in [5.74, 6) is -0.856. The Morgan fingerprint density at radius 3 is 2.57 bits per heavy atom. The highest BCUT2D eigenvalue weighted by Crippen LogP contribution is 2.35. The minimum Gasteiger partial charge on any atom is -0.347 e. The van der Waals surface area contributed by atoms with E-state index < -0.39 is 30.1 Å². The van der Waals surface area contributed by atoms with Crippen LogP contribution in [0, 0.1) is 5.92 Å². The number of aromatic nitrogens is 5. The number of carbonyl (C=O) groups is 1. The first-order valence-electron chi connectivity index (χ1n) is 11.5. The molecule has 0 saturated heterocycles. The van der Waals surface area contributed by atoms with E-state index in [1.54, 1.807) is 28.8 Å². The summed E-state index contributed by atoms with van der Waals surface area (Å²) in [6.07, 6.45) is -5.09. The number of amides is 1. The number of hydrogen-bond donors (Lipinski definition) is 1. The Hall–Kier alpha value is -3.31. The van der Waals surface area contributed by atoms with Crippen molar-refractivity contribution in [1.29, 1.82) is 0 Å². The van der Waals surface area contributed by atoms with Crippen LogP contribution in [0.1, 0.15) is 59.1 Å². The van der Waals surface area contributed by atoms with Crippen LogP contribution in [0.25, 0.3) is 11.4 Å². The Labute approximate surface area is 197 Å². The summed E-state index contributed by atoms with van der Waals surface area (Å²) >= 11 is 0. The molecule has 2 aliphatic rings. The number of benzene rings is 1. The van der Waals surface area contributed by atoms with E-state index in [1.807, 2.05) is 0 Å². The lowest BCUT2D eigenvalue weighted by molar-refractivity contribution is -0.179. The molecule has 3 aromatic rings. The van der Waals surface area contributed by atoms with E-state index in [0.29, 0.717) is 36.0 Å². The fraction of sp³-hybridized carbons (Fsp3) is 0.478. The molecular weight excluding hydrogens is 471 g/mol. The van der Waals surface area contributed by atoms with Crippen molar-refractivity contribution >= 4 is 5.91 Å². The Kier molecular flexibility index (Phi) is 6.06. The van der Waals surface area contributed by atoms with E-state index in [4.69, 9.17) is 0 Å². The molecule has 0 unspecified atom stereocenters. The van der Waals surface area contributed by atoms with Crippen molar-refractivity contribution in [2.24, 2.45) is 5.92 Å². The molecule has 1 aromatic carbocycles. The molecule has 1 N–H and O–H groups in total. The number of fused-ring (bicyclic) bond motifs is 2. The predicted molar refractivity (Wildman–Crippen MR) is 115 cm³/mol. The Morgan fingerprint density at radius 2 is 1.86 bits per heavy atom. The monoisotopic (exact) mass is 494 g/mol. The van der Waals surface area contributed by atoms with E-state index in [-0.39, 0.29) is 31.6 Å². The molecule has 0 radical (unpaired) electrons. The number of halogens is 5. The van der Waals surface area contributed by atoms with E-state index in [1.165, 1.54) is 4.68 Å². The molecular formula is C23H23F5N6O. The third-order valence-corrected chi connectivity index (χ3v) is 6.52. The maximum Gasteiger partial charge on any atom is 0.392 e. The highest BCUT2D eigenvalue weighted by Gasteiger charge is 2.42. The molecule has 5 rings (SSSR count). The first-order chi connectivity index (χ1) is 16.7. The average molecular weight is 494 g/mol. The molecule has 2 aromatic heterocycles. The normalized spacial score (nSPS) is 17.8. The van der Waals surface area contributed by atoms with Crippen LogP contribution in [0.5, 0.6) is 0 Å². The Bertz CT molecular complexity index is 1230. The van der Waals surface area contributed by atoms with Crippen LogP contribution in [0.2, 0.25) is 0 Å². The first-order valence-corrected chi connectivity index (χ1v) is 11.5. The largest absolute Gasteiger partial charge is 0.392 e. The minimum absolute atomic E-state index is 0.0222. The molecule has 7 nitrogen and oxygen atoms in total. The van der Waals surface area contributed by atoms with E-state index in [2.05, 4.69) is 20.4 Å². The summed E-state index contributed by atoms with van der Waals surface area (Å²) in [5, 5.41) is 7.02. The van der Waals surface area contributed by atoms with Crippen molar-refractivity contribution in [1.82, 2.24) is 29.6 Å². The van der Waals surface area contributed by atoms with Crippen molar-refractivity contribution in [3.63, 3.8) is 0 Å². The van der Waals surface area contributed by atoms with Gasteiger partial charge in [-0.2, -0.15) is 18.3 Å². The third-order valence-electron chi connectivity index (χ3n) is 6.52.